The van der Waals surface area contributed by atoms with Crippen LogP contribution in [0.5, 0.6) is 11.5 Å². The molecule has 0 radical (unpaired) electrons. The standard InChI is InChI=1S/C21H15F4N3O7/c1-27(15-9-11(2-4-13(15)22)34-21(23,24)25)20(32)33-10-3-6-16-12(8-10)19(31)28(35-16)14-5-7-17(29)26-18(14)30/h2-4,6,8-9,14H,5,7H2,1H3,(H,26,29,30). The molecule has 0 aliphatic carbocycles. The molecule has 0 spiro atoms. The van der Waals surface area contributed by atoms with Gasteiger partial charge in [0.25, 0.3) is 11.5 Å². The van der Waals surface area contributed by atoms with Gasteiger partial charge in [-0.15, -0.1) is 13.2 Å². The summed E-state index contributed by atoms with van der Waals surface area (Å²) < 4.78 is 66.6. The van der Waals surface area contributed by atoms with Gasteiger partial charge in [0, 0.05) is 19.5 Å². The fraction of sp³-hybridized carbons (Fsp3) is 0.238. The summed E-state index contributed by atoms with van der Waals surface area (Å²) in [6.07, 6.45) is -6.13. The number of nitrogens with zero attached hydrogens (tertiary/aromatic N) is 2. The van der Waals surface area contributed by atoms with Gasteiger partial charge in [-0.1, -0.05) is 0 Å². The lowest BCUT2D eigenvalue weighted by Crippen LogP contribution is -2.43. The average Bonchev–Trinajstić information content (AvgIpc) is 3.09. The molecule has 184 valence electrons. The van der Waals surface area contributed by atoms with E-state index in [0.29, 0.717) is 17.0 Å². The van der Waals surface area contributed by atoms with E-state index < -0.39 is 53.1 Å². The Morgan fingerprint density at radius 1 is 1.14 bits per heavy atom. The number of carbonyl (C=O) groups excluding carboxylic acids is 3. The van der Waals surface area contributed by atoms with Crippen molar-refractivity contribution in [2.24, 2.45) is 0 Å². The summed E-state index contributed by atoms with van der Waals surface area (Å²) in [5.74, 6) is -3.10. The third-order valence-corrected chi connectivity index (χ3v) is 5.06. The van der Waals surface area contributed by atoms with Crippen LogP contribution in [0.15, 0.2) is 45.7 Å². The summed E-state index contributed by atoms with van der Waals surface area (Å²) in [5, 5.41) is 2.06. The van der Waals surface area contributed by atoms with Crippen LogP contribution in [-0.2, 0) is 9.59 Å². The van der Waals surface area contributed by atoms with Crippen LogP contribution in [0, 0.1) is 5.82 Å². The number of rotatable bonds is 4. The molecule has 4 rings (SSSR count). The fourth-order valence-electron chi connectivity index (χ4n) is 3.41. The van der Waals surface area contributed by atoms with Crippen molar-refractivity contribution in [1.82, 2.24) is 10.1 Å². The largest absolute Gasteiger partial charge is 0.573 e. The molecule has 0 bridgehead atoms. The lowest BCUT2D eigenvalue weighted by Gasteiger charge is -2.19. The van der Waals surface area contributed by atoms with Gasteiger partial charge in [0.1, 0.15) is 23.4 Å². The quantitative estimate of drug-likeness (QED) is 0.434. The number of hydrogen-bond acceptors (Lipinski definition) is 7. The van der Waals surface area contributed by atoms with Gasteiger partial charge in [-0.25, -0.2) is 9.18 Å². The molecule has 35 heavy (non-hydrogen) atoms. The summed E-state index contributed by atoms with van der Waals surface area (Å²) in [6.45, 7) is 0. The minimum atomic E-state index is -5.02. The van der Waals surface area contributed by atoms with Crippen LogP contribution in [0.4, 0.5) is 28.0 Å². The van der Waals surface area contributed by atoms with Crippen LogP contribution >= 0.6 is 0 Å². The summed E-state index contributed by atoms with van der Waals surface area (Å²) >= 11 is 0. The van der Waals surface area contributed by atoms with Gasteiger partial charge in [-0.2, -0.15) is 4.74 Å². The maximum atomic E-state index is 14.2. The highest BCUT2D eigenvalue weighted by atomic mass is 19.4. The Labute approximate surface area is 192 Å². The topological polar surface area (TPSA) is 120 Å². The number of piperidine rings is 1. The SMILES string of the molecule is CN(C(=O)Oc1ccc2on(C3CCC(=O)NC3=O)c(=O)c2c1)c1cc(OC(F)(F)F)ccc1F. The van der Waals surface area contributed by atoms with E-state index in [4.69, 9.17) is 9.26 Å². The van der Waals surface area contributed by atoms with Gasteiger partial charge in [-0.3, -0.25) is 24.6 Å². The van der Waals surface area contributed by atoms with E-state index in [-0.39, 0.29) is 29.6 Å². The Balaban J connectivity index is 1.56. The molecule has 1 fully saturated rings. The predicted molar refractivity (Wildman–Crippen MR) is 109 cm³/mol. The van der Waals surface area contributed by atoms with Gasteiger partial charge in [0.2, 0.25) is 5.91 Å². The second-order valence-corrected chi connectivity index (χ2v) is 7.44. The molecule has 1 aliphatic heterocycles. The van der Waals surface area contributed by atoms with Crippen molar-refractivity contribution in [2.45, 2.75) is 25.2 Å². The number of aromatic nitrogens is 1. The predicted octanol–water partition coefficient (Wildman–Crippen LogP) is 3.25. The van der Waals surface area contributed by atoms with Crippen molar-refractivity contribution in [3.63, 3.8) is 0 Å². The van der Waals surface area contributed by atoms with Crippen LogP contribution < -0.4 is 25.2 Å². The number of anilines is 1. The zero-order valence-corrected chi connectivity index (χ0v) is 17.7. The first-order valence-electron chi connectivity index (χ1n) is 9.93. The molecule has 3 aromatic rings. The second-order valence-electron chi connectivity index (χ2n) is 7.44. The number of amides is 3. The van der Waals surface area contributed by atoms with Gasteiger partial charge in [0.15, 0.2) is 5.58 Å². The van der Waals surface area contributed by atoms with Gasteiger partial charge in [0.05, 0.1) is 11.1 Å². The van der Waals surface area contributed by atoms with Crippen LogP contribution in [-0.4, -0.2) is 36.1 Å². The van der Waals surface area contributed by atoms with Crippen molar-refractivity contribution >= 4 is 34.6 Å². The molecule has 2 aromatic carbocycles. The summed E-state index contributed by atoms with van der Waals surface area (Å²) in [7, 11) is 1.06. The maximum absolute atomic E-state index is 14.2. The number of alkyl halides is 3. The molecule has 10 nitrogen and oxygen atoms in total. The molecule has 1 atom stereocenters. The zero-order valence-electron chi connectivity index (χ0n) is 17.7. The summed E-state index contributed by atoms with van der Waals surface area (Å²) in [4.78, 5) is 49.2. The number of ether oxygens (including phenoxy) is 2. The Morgan fingerprint density at radius 2 is 1.86 bits per heavy atom. The highest BCUT2D eigenvalue weighted by molar-refractivity contribution is 5.99. The molecule has 1 N–H and O–H groups in total. The number of fused-ring (bicyclic) bond motifs is 1. The van der Waals surface area contributed by atoms with E-state index in [2.05, 4.69) is 10.1 Å². The molecule has 1 aromatic heterocycles. The fourth-order valence-corrected chi connectivity index (χ4v) is 3.41. The van der Waals surface area contributed by atoms with Crippen molar-refractivity contribution in [3.8, 4) is 11.5 Å². The molecule has 3 amide bonds. The Kier molecular flexibility index (Phi) is 5.96. The first-order valence-corrected chi connectivity index (χ1v) is 9.93. The lowest BCUT2D eigenvalue weighted by molar-refractivity contribution is -0.274. The van der Waals surface area contributed by atoms with Crippen LogP contribution in [0.3, 0.4) is 0 Å². The molecule has 1 unspecified atom stereocenters. The number of imide groups is 1. The van der Waals surface area contributed by atoms with E-state index in [9.17, 15) is 36.7 Å². The number of nitrogens with one attached hydrogen (secondary N) is 1. The monoisotopic (exact) mass is 497 g/mol. The third kappa shape index (κ3) is 4.95. The van der Waals surface area contributed by atoms with E-state index in [1.165, 1.54) is 12.1 Å². The molecule has 1 aliphatic rings. The van der Waals surface area contributed by atoms with Crippen LogP contribution in [0.1, 0.15) is 18.9 Å². The minimum absolute atomic E-state index is 0.0147. The highest BCUT2D eigenvalue weighted by Gasteiger charge is 2.33. The van der Waals surface area contributed by atoms with Crippen molar-refractivity contribution in [1.29, 1.82) is 0 Å². The number of hydrogen-bond donors (Lipinski definition) is 1. The Hall–Kier alpha value is -4.36. The van der Waals surface area contributed by atoms with E-state index in [1.807, 2.05) is 0 Å². The zero-order chi connectivity index (χ0) is 25.5. The molecule has 2 heterocycles. The summed E-state index contributed by atoms with van der Waals surface area (Å²) in [6, 6.07) is 4.75. The number of benzene rings is 2. The Bertz CT molecular complexity index is 1400. The molecular formula is C21H15F4N3O7. The van der Waals surface area contributed by atoms with Crippen molar-refractivity contribution in [3.05, 3.63) is 52.6 Å². The molecule has 0 saturated carbocycles. The van der Waals surface area contributed by atoms with Crippen molar-refractivity contribution < 1.29 is 45.9 Å². The Morgan fingerprint density at radius 3 is 2.54 bits per heavy atom. The minimum Gasteiger partial charge on any atom is -0.410 e. The third-order valence-electron chi connectivity index (χ3n) is 5.06. The molecular weight excluding hydrogens is 482 g/mol. The second kappa shape index (κ2) is 8.77. The van der Waals surface area contributed by atoms with Gasteiger partial charge < -0.3 is 14.0 Å². The summed E-state index contributed by atoms with van der Waals surface area (Å²) in [5.41, 5.74) is -1.21. The normalized spacial score (nSPS) is 16.2. The van der Waals surface area contributed by atoms with Gasteiger partial charge in [-0.05, 0) is 36.8 Å². The van der Waals surface area contributed by atoms with Gasteiger partial charge >= 0.3 is 12.5 Å². The number of halogens is 4. The van der Waals surface area contributed by atoms with E-state index >= 15 is 0 Å². The average molecular weight is 497 g/mol. The van der Waals surface area contributed by atoms with Crippen LogP contribution in [0.25, 0.3) is 11.0 Å². The van der Waals surface area contributed by atoms with Crippen LogP contribution in [0.2, 0.25) is 0 Å². The maximum Gasteiger partial charge on any atom is 0.573 e. The lowest BCUT2D eigenvalue weighted by atomic mass is 10.1. The van der Waals surface area contributed by atoms with E-state index in [1.54, 1.807) is 0 Å². The molecule has 1 saturated heterocycles. The van der Waals surface area contributed by atoms with Crippen molar-refractivity contribution in [2.75, 3.05) is 11.9 Å². The first kappa shape index (κ1) is 23.8. The smallest absolute Gasteiger partial charge is 0.410 e. The van der Waals surface area contributed by atoms with E-state index in [0.717, 1.165) is 23.9 Å². The first-order chi connectivity index (χ1) is 16.4. The molecule has 14 heteroatoms. The highest BCUT2D eigenvalue weighted by Crippen LogP contribution is 2.30. The number of carbonyl (C=O) groups is 3.